The zero-order valence-corrected chi connectivity index (χ0v) is 24.1. The van der Waals surface area contributed by atoms with Crippen molar-refractivity contribution in [2.24, 2.45) is 11.8 Å². The summed E-state index contributed by atoms with van der Waals surface area (Å²) in [5.74, 6) is 0.608. The van der Waals surface area contributed by atoms with Crippen LogP contribution in [0.5, 0.6) is 0 Å². The van der Waals surface area contributed by atoms with Gasteiger partial charge in [0.15, 0.2) is 11.9 Å². The molecule has 3 aliphatic heterocycles. The molecule has 7 rings (SSSR count). The Balaban J connectivity index is 1.21. The van der Waals surface area contributed by atoms with E-state index in [1.54, 1.807) is 4.90 Å². The minimum atomic E-state index is -1.06. The lowest BCUT2D eigenvalue weighted by atomic mass is 9.73. The van der Waals surface area contributed by atoms with E-state index in [1.807, 2.05) is 28.8 Å². The Kier molecular flexibility index (Phi) is 7.04. The van der Waals surface area contributed by atoms with Crippen LogP contribution in [0.2, 0.25) is 0 Å². The standard InChI is InChI=1S/C32H43N5O4/c1-19(38)33-27-18-35(29(27)32(40)41)30-31(39)37(28-12-5-4-11-26(28)34-30)25-16-22-9-6-10-23(17-25)36(22)24-14-20-7-2-3-8-21(13-20)15-24/h4-5,11-12,20-25,27,29H,2-3,6-10,13-18H2,1H3,(H,33,38)(H,40,41)/t20-,21?,22+,23+,24-,27+,29-/m0/s1. The summed E-state index contributed by atoms with van der Waals surface area (Å²) in [6.45, 7) is 1.64. The van der Waals surface area contributed by atoms with Crippen molar-refractivity contribution in [3.8, 4) is 0 Å². The Hall–Kier alpha value is -2.94. The van der Waals surface area contributed by atoms with Crippen LogP contribution in [0.1, 0.15) is 90.0 Å². The average molecular weight is 562 g/mol. The van der Waals surface area contributed by atoms with Gasteiger partial charge in [-0.05, 0) is 68.9 Å². The van der Waals surface area contributed by atoms with Crippen molar-refractivity contribution in [3.63, 3.8) is 0 Å². The number of benzene rings is 1. The Bertz CT molecular complexity index is 1360. The third-order valence-electron chi connectivity index (χ3n) is 10.9. The molecule has 1 aromatic heterocycles. The monoisotopic (exact) mass is 561 g/mol. The molecule has 1 aromatic carbocycles. The Morgan fingerprint density at radius 1 is 0.878 bits per heavy atom. The molecule has 9 nitrogen and oxygen atoms in total. The smallest absolute Gasteiger partial charge is 0.328 e. The van der Waals surface area contributed by atoms with Crippen LogP contribution < -0.4 is 15.8 Å². The van der Waals surface area contributed by atoms with Gasteiger partial charge in [-0.2, -0.15) is 0 Å². The average Bonchev–Trinajstić information content (AvgIpc) is 3.08. The third-order valence-corrected chi connectivity index (χ3v) is 10.9. The van der Waals surface area contributed by atoms with E-state index in [2.05, 4.69) is 10.2 Å². The SMILES string of the molecule is CC(=O)N[C@@H]1CN(c2nc3ccccc3n(C3C[C@H]4CCC[C@H](C3)N4[C@@H]3CC4CCCC[C@@H](C4)C3)c2=O)[C@@H]1C(=O)O. The van der Waals surface area contributed by atoms with Crippen LogP contribution in [-0.4, -0.2) is 68.2 Å². The van der Waals surface area contributed by atoms with E-state index in [-0.39, 0.29) is 29.9 Å². The van der Waals surface area contributed by atoms with Gasteiger partial charge in [0.25, 0.3) is 5.56 Å². The van der Waals surface area contributed by atoms with E-state index >= 15 is 0 Å². The van der Waals surface area contributed by atoms with E-state index in [4.69, 9.17) is 4.98 Å². The van der Waals surface area contributed by atoms with E-state index in [0.29, 0.717) is 23.6 Å². The molecule has 0 spiro atoms. The molecule has 7 atom stereocenters. The summed E-state index contributed by atoms with van der Waals surface area (Å²) in [5, 5.41) is 12.7. The number of fused-ring (bicyclic) bond motifs is 5. The lowest BCUT2D eigenvalue weighted by Crippen LogP contribution is -2.71. The largest absolute Gasteiger partial charge is 0.480 e. The van der Waals surface area contributed by atoms with Gasteiger partial charge in [0, 0.05) is 37.6 Å². The van der Waals surface area contributed by atoms with Crippen LogP contribution in [0.25, 0.3) is 11.0 Å². The predicted octanol–water partition coefficient (Wildman–Crippen LogP) is 4.09. The maximum atomic E-state index is 14.3. The first-order valence-corrected chi connectivity index (χ1v) is 15.9. The number of nitrogens with zero attached hydrogens (tertiary/aromatic N) is 4. The summed E-state index contributed by atoms with van der Waals surface area (Å²) in [6, 6.07) is 7.91. The number of carbonyl (C=O) groups excluding carboxylic acids is 1. The summed E-state index contributed by atoms with van der Waals surface area (Å²) < 4.78 is 1.95. The van der Waals surface area contributed by atoms with Crippen LogP contribution in [0.15, 0.2) is 29.1 Å². The maximum Gasteiger partial charge on any atom is 0.328 e. The molecule has 5 aliphatic rings. The van der Waals surface area contributed by atoms with Gasteiger partial charge in [-0.3, -0.25) is 14.5 Å². The molecule has 1 amide bonds. The van der Waals surface area contributed by atoms with Gasteiger partial charge in [-0.25, -0.2) is 9.78 Å². The fourth-order valence-electron chi connectivity index (χ4n) is 9.41. The number of carboxylic acid groups (broad SMARTS) is 1. The van der Waals surface area contributed by atoms with Gasteiger partial charge < -0.3 is 19.9 Å². The molecule has 2 saturated carbocycles. The molecular formula is C32H43N5O4. The number of rotatable bonds is 5. The molecule has 4 heterocycles. The molecule has 220 valence electrons. The number of hydrogen-bond acceptors (Lipinski definition) is 6. The number of para-hydroxylation sites is 2. The molecule has 4 bridgehead atoms. The number of aliphatic carboxylic acids is 1. The Labute approximate surface area is 241 Å². The summed E-state index contributed by atoms with van der Waals surface area (Å²) >= 11 is 0. The highest BCUT2D eigenvalue weighted by Gasteiger charge is 2.48. The zero-order chi connectivity index (χ0) is 28.2. The number of amides is 1. The second kappa shape index (κ2) is 10.7. The van der Waals surface area contributed by atoms with Crippen molar-refractivity contribution in [3.05, 3.63) is 34.6 Å². The van der Waals surface area contributed by atoms with Gasteiger partial charge in [0.05, 0.1) is 17.1 Å². The van der Waals surface area contributed by atoms with Crippen LogP contribution in [0, 0.1) is 11.8 Å². The van der Waals surface area contributed by atoms with Crippen LogP contribution in [-0.2, 0) is 9.59 Å². The number of carbonyl (C=O) groups is 2. The van der Waals surface area contributed by atoms with Crippen molar-refractivity contribution in [1.82, 2.24) is 19.8 Å². The number of nitrogens with one attached hydrogen (secondary N) is 1. The molecule has 1 unspecified atom stereocenters. The van der Waals surface area contributed by atoms with Crippen LogP contribution in [0.3, 0.4) is 0 Å². The summed E-state index contributed by atoms with van der Waals surface area (Å²) in [4.78, 5) is 47.3. The quantitative estimate of drug-likeness (QED) is 0.566. The molecule has 41 heavy (non-hydrogen) atoms. The first-order chi connectivity index (χ1) is 19.9. The predicted molar refractivity (Wildman–Crippen MR) is 157 cm³/mol. The molecule has 5 fully saturated rings. The molecule has 2 aromatic rings. The normalized spacial score (nSPS) is 35.4. The second-order valence-corrected chi connectivity index (χ2v) is 13.5. The zero-order valence-electron chi connectivity index (χ0n) is 24.1. The molecule has 0 radical (unpaired) electrons. The third kappa shape index (κ3) is 4.84. The molecule has 2 aliphatic carbocycles. The van der Waals surface area contributed by atoms with Crippen LogP contribution >= 0.6 is 0 Å². The fourth-order valence-corrected chi connectivity index (χ4v) is 9.41. The molecule has 3 saturated heterocycles. The van der Waals surface area contributed by atoms with Gasteiger partial charge in [-0.1, -0.05) is 44.2 Å². The highest BCUT2D eigenvalue weighted by molar-refractivity contribution is 5.85. The van der Waals surface area contributed by atoms with Crippen molar-refractivity contribution in [2.45, 2.75) is 120 Å². The lowest BCUT2D eigenvalue weighted by molar-refractivity contribution is -0.141. The summed E-state index contributed by atoms with van der Waals surface area (Å²) in [6.07, 6.45) is 15.3. The van der Waals surface area contributed by atoms with E-state index in [0.717, 1.165) is 30.2 Å². The Morgan fingerprint density at radius 3 is 2.22 bits per heavy atom. The highest BCUT2D eigenvalue weighted by atomic mass is 16.4. The first kappa shape index (κ1) is 26.9. The van der Waals surface area contributed by atoms with Crippen molar-refractivity contribution >= 4 is 28.7 Å². The second-order valence-electron chi connectivity index (χ2n) is 13.5. The number of aromatic nitrogens is 2. The minimum Gasteiger partial charge on any atom is -0.480 e. The van der Waals surface area contributed by atoms with Crippen molar-refractivity contribution in [1.29, 1.82) is 0 Å². The lowest BCUT2D eigenvalue weighted by Gasteiger charge is -2.54. The fraction of sp³-hybridized carbons (Fsp3) is 0.688. The summed E-state index contributed by atoms with van der Waals surface area (Å²) in [7, 11) is 0. The number of hydrogen-bond donors (Lipinski definition) is 2. The first-order valence-electron chi connectivity index (χ1n) is 15.9. The van der Waals surface area contributed by atoms with Crippen LogP contribution in [0.4, 0.5) is 5.82 Å². The van der Waals surface area contributed by atoms with E-state index < -0.39 is 18.1 Å². The summed E-state index contributed by atoms with van der Waals surface area (Å²) in [5.41, 5.74) is 1.32. The van der Waals surface area contributed by atoms with Gasteiger partial charge in [0.1, 0.15) is 0 Å². The molecular weight excluding hydrogens is 518 g/mol. The highest BCUT2D eigenvalue weighted by Crippen LogP contribution is 2.47. The number of anilines is 1. The topological polar surface area (TPSA) is 108 Å². The molecule has 2 N–H and O–H groups in total. The molecule has 9 heteroatoms. The van der Waals surface area contributed by atoms with Gasteiger partial charge >= 0.3 is 5.97 Å². The maximum absolute atomic E-state index is 14.3. The van der Waals surface area contributed by atoms with Crippen molar-refractivity contribution < 1.29 is 14.7 Å². The van der Waals surface area contributed by atoms with Gasteiger partial charge in [-0.15, -0.1) is 0 Å². The van der Waals surface area contributed by atoms with E-state index in [9.17, 15) is 19.5 Å². The number of carboxylic acids is 1. The van der Waals surface area contributed by atoms with E-state index in [1.165, 1.54) is 71.1 Å². The van der Waals surface area contributed by atoms with Crippen molar-refractivity contribution in [2.75, 3.05) is 11.4 Å². The van der Waals surface area contributed by atoms with Gasteiger partial charge in [0.2, 0.25) is 5.91 Å². The minimum absolute atomic E-state index is 0.0577. The number of piperidine rings is 2. The Morgan fingerprint density at radius 2 is 1.56 bits per heavy atom.